The van der Waals surface area contributed by atoms with E-state index in [1.807, 2.05) is 6.07 Å². The highest BCUT2D eigenvalue weighted by Crippen LogP contribution is 2.12. The molecule has 1 aromatic carbocycles. The van der Waals surface area contributed by atoms with Crippen LogP contribution in [0.4, 0.5) is 0 Å². The Morgan fingerprint density at radius 1 is 1.04 bits per heavy atom. The Balaban J connectivity index is 1.83. The number of Topliss-reactive ketones (excluding diaryl/α,β-unsaturated/α-hetero) is 1. The van der Waals surface area contributed by atoms with Gasteiger partial charge in [-0.15, -0.1) is 0 Å². The van der Waals surface area contributed by atoms with Gasteiger partial charge < -0.3 is 10.6 Å². The molecule has 0 bridgehead atoms. The average Bonchev–Trinajstić information content (AvgIpc) is 2.83. The number of ketones is 1. The molecule has 0 atom stereocenters. The van der Waals surface area contributed by atoms with Gasteiger partial charge in [-0.25, -0.2) is 0 Å². The first kappa shape index (κ1) is 17.4. The zero-order chi connectivity index (χ0) is 17.7. The molecule has 0 spiro atoms. The highest BCUT2D eigenvalue weighted by atomic mass is 16.2. The molecule has 0 fully saturated rings. The second-order valence-corrected chi connectivity index (χ2v) is 5.38. The molecule has 0 aliphatic carbocycles. The minimum absolute atomic E-state index is 0.168. The van der Waals surface area contributed by atoms with Crippen molar-refractivity contribution in [3.8, 4) is 0 Å². The van der Waals surface area contributed by atoms with Gasteiger partial charge in [0.25, 0.3) is 17.6 Å². The molecule has 7 nitrogen and oxygen atoms in total. The fraction of sp³-hybridized carbons (Fsp3) is 0.294. The van der Waals surface area contributed by atoms with Crippen molar-refractivity contribution in [2.75, 3.05) is 13.1 Å². The lowest BCUT2D eigenvalue weighted by Crippen LogP contribution is -2.38. The monoisotopic (exact) mass is 328 g/mol. The molecule has 126 valence electrons. The molecule has 0 radical (unpaired) electrons. The maximum atomic E-state index is 12.2. The van der Waals surface area contributed by atoms with Crippen LogP contribution in [0.1, 0.15) is 32.1 Å². The van der Waals surface area contributed by atoms with Crippen molar-refractivity contribution in [1.82, 2.24) is 20.4 Å². The molecular formula is C17H20N4O3. The SMILES string of the molecule is Cc1nn(C)c(C)c1C(=O)C(=O)NCCNC(=O)c1ccccc1. The number of hydrogen-bond donors (Lipinski definition) is 2. The van der Waals surface area contributed by atoms with Crippen LogP contribution >= 0.6 is 0 Å². The molecule has 0 aliphatic heterocycles. The molecule has 2 rings (SSSR count). The van der Waals surface area contributed by atoms with E-state index >= 15 is 0 Å². The summed E-state index contributed by atoms with van der Waals surface area (Å²) in [6.45, 7) is 3.83. The normalized spacial score (nSPS) is 10.3. The number of nitrogens with zero attached hydrogens (tertiary/aromatic N) is 2. The van der Waals surface area contributed by atoms with Crippen molar-refractivity contribution < 1.29 is 14.4 Å². The lowest BCUT2D eigenvalue weighted by atomic mass is 10.1. The zero-order valence-electron chi connectivity index (χ0n) is 13.9. The summed E-state index contributed by atoms with van der Waals surface area (Å²) in [5.74, 6) is -1.55. The van der Waals surface area contributed by atoms with Crippen molar-refractivity contribution >= 4 is 17.6 Å². The van der Waals surface area contributed by atoms with Crippen LogP contribution in [0.25, 0.3) is 0 Å². The Labute approximate surface area is 140 Å². The number of aryl methyl sites for hydroxylation is 2. The molecule has 0 aliphatic rings. The van der Waals surface area contributed by atoms with E-state index in [0.29, 0.717) is 22.5 Å². The number of aromatic nitrogens is 2. The highest BCUT2D eigenvalue weighted by Gasteiger charge is 2.23. The fourth-order valence-corrected chi connectivity index (χ4v) is 2.34. The third-order valence-electron chi connectivity index (χ3n) is 3.67. The Morgan fingerprint density at radius 3 is 2.25 bits per heavy atom. The van der Waals surface area contributed by atoms with Crippen LogP contribution in [0.15, 0.2) is 30.3 Å². The molecule has 2 amide bonds. The van der Waals surface area contributed by atoms with E-state index < -0.39 is 11.7 Å². The van der Waals surface area contributed by atoms with Gasteiger partial charge in [0.05, 0.1) is 11.3 Å². The zero-order valence-corrected chi connectivity index (χ0v) is 13.9. The summed E-state index contributed by atoms with van der Waals surface area (Å²) in [5, 5.41) is 9.32. The van der Waals surface area contributed by atoms with Crippen LogP contribution < -0.4 is 10.6 Å². The molecule has 0 saturated carbocycles. The van der Waals surface area contributed by atoms with Crippen molar-refractivity contribution in [2.24, 2.45) is 7.05 Å². The quantitative estimate of drug-likeness (QED) is 0.465. The average molecular weight is 328 g/mol. The lowest BCUT2D eigenvalue weighted by Gasteiger charge is -2.07. The Bertz CT molecular complexity index is 766. The molecule has 0 unspecified atom stereocenters. The van der Waals surface area contributed by atoms with Crippen molar-refractivity contribution in [1.29, 1.82) is 0 Å². The lowest BCUT2D eigenvalue weighted by molar-refractivity contribution is -0.116. The number of carbonyl (C=O) groups is 3. The van der Waals surface area contributed by atoms with Crippen LogP contribution in [0, 0.1) is 13.8 Å². The van der Waals surface area contributed by atoms with Crippen molar-refractivity contribution in [3.63, 3.8) is 0 Å². The second kappa shape index (κ2) is 7.54. The summed E-state index contributed by atoms with van der Waals surface area (Å²) >= 11 is 0. The van der Waals surface area contributed by atoms with Crippen LogP contribution in [0.3, 0.4) is 0 Å². The van der Waals surface area contributed by atoms with Crippen molar-refractivity contribution in [3.05, 3.63) is 52.8 Å². The first-order valence-electron chi connectivity index (χ1n) is 7.57. The van der Waals surface area contributed by atoms with Crippen LogP contribution in [-0.4, -0.2) is 40.5 Å². The summed E-state index contributed by atoms with van der Waals surface area (Å²) in [6.07, 6.45) is 0. The van der Waals surface area contributed by atoms with Gasteiger partial charge in [0.15, 0.2) is 0 Å². The van der Waals surface area contributed by atoms with Gasteiger partial charge in [0.1, 0.15) is 0 Å². The van der Waals surface area contributed by atoms with Gasteiger partial charge in [0, 0.05) is 31.4 Å². The van der Waals surface area contributed by atoms with Crippen LogP contribution in [0.2, 0.25) is 0 Å². The molecule has 2 aromatic rings. The van der Waals surface area contributed by atoms with Gasteiger partial charge >= 0.3 is 0 Å². The Morgan fingerprint density at radius 2 is 1.67 bits per heavy atom. The van der Waals surface area contributed by atoms with Gasteiger partial charge in [-0.1, -0.05) is 18.2 Å². The first-order valence-corrected chi connectivity index (χ1v) is 7.57. The topological polar surface area (TPSA) is 93.1 Å². The first-order chi connectivity index (χ1) is 11.4. The Hall–Kier alpha value is -2.96. The number of carbonyl (C=O) groups excluding carboxylic acids is 3. The summed E-state index contributed by atoms with van der Waals surface area (Å²) in [5.41, 5.74) is 2.03. The van der Waals surface area contributed by atoms with Crippen molar-refractivity contribution in [2.45, 2.75) is 13.8 Å². The summed E-state index contributed by atoms with van der Waals surface area (Å²) in [7, 11) is 1.72. The smallest absolute Gasteiger partial charge is 0.292 e. The molecule has 1 heterocycles. The predicted octanol–water partition coefficient (Wildman–Crippen LogP) is 0.766. The van der Waals surface area contributed by atoms with E-state index in [1.165, 1.54) is 0 Å². The number of rotatable bonds is 6. The van der Waals surface area contributed by atoms with E-state index in [2.05, 4.69) is 15.7 Å². The van der Waals surface area contributed by atoms with E-state index in [9.17, 15) is 14.4 Å². The molecule has 1 aromatic heterocycles. The number of amides is 2. The maximum absolute atomic E-state index is 12.2. The third-order valence-corrected chi connectivity index (χ3v) is 3.67. The van der Waals surface area contributed by atoms with Gasteiger partial charge in [0.2, 0.25) is 0 Å². The minimum Gasteiger partial charge on any atom is -0.350 e. The highest BCUT2D eigenvalue weighted by molar-refractivity contribution is 6.43. The molecule has 0 saturated heterocycles. The number of nitrogens with one attached hydrogen (secondary N) is 2. The molecule has 2 N–H and O–H groups in total. The maximum Gasteiger partial charge on any atom is 0.292 e. The second-order valence-electron chi connectivity index (χ2n) is 5.38. The molecular weight excluding hydrogens is 308 g/mol. The van der Waals surface area contributed by atoms with Crippen LogP contribution in [-0.2, 0) is 11.8 Å². The largest absolute Gasteiger partial charge is 0.350 e. The van der Waals surface area contributed by atoms with E-state index in [-0.39, 0.29) is 19.0 Å². The van der Waals surface area contributed by atoms with Crippen LogP contribution in [0.5, 0.6) is 0 Å². The summed E-state index contributed by atoms with van der Waals surface area (Å²) < 4.78 is 1.57. The summed E-state index contributed by atoms with van der Waals surface area (Å²) in [6, 6.07) is 8.77. The van der Waals surface area contributed by atoms with Gasteiger partial charge in [-0.3, -0.25) is 19.1 Å². The Kier molecular flexibility index (Phi) is 5.47. The number of benzene rings is 1. The molecule has 24 heavy (non-hydrogen) atoms. The third kappa shape index (κ3) is 3.87. The predicted molar refractivity (Wildman–Crippen MR) is 88.8 cm³/mol. The standard InChI is InChI=1S/C17H20N4O3/c1-11-14(12(2)21(3)20-11)15(22)17(24)19-10-9-18-16(23)13-7-5-4-6-8-13/h4-8H,9-10H2,1-3H3,(H,18,23)(H,19,24). The van der Waals surface area contributed by atoms with E-state index in [4.69, 9.17) is 0 Å². The van der Waals surface area contributed by atoms with E-state index in [1.54, 1.807) is 49.8 Å². The minimum atomic E-state index is -0.705. The fourth-order valence-electron chi connectivity index (χ4n) is 2.34. The summed E-state index contributed by atoms with van der Waals surface area (Å²) in [4.78, 5) is 36.0. The van der Waals surface area contributed by atoms with E-state index in [0.717, 1.165) is 0 Å². The van der Waals surface area contributed by atoms with Gasteiger partial charge in [-0.05, 0) is 26.0 Å². The number of hydrogen-bond acceptors (Lipinski definition) is 4. The van der Waals surface area contributed by atoms with Gasteiger partial charge in [-0.2, -0.15) is 5.10 Å². The molecule has 7 heteroatoms.